The second kappa shape index (κ2) is 6.14. The first kappa shape index (κ1) is 15.0. The van der Waals surface area contributed by atoms with E-state index in [0.29, 0.717) is 12.4 Å². The normalized spacial score (nSPS) is 37.4. The van der Waals surface area contributed by atoms with Gasteiger partial charge in [-0.05, 0) is 68.4 Å². The predicted octanol–water partition coefficient (Wildman–Crippen LogP) is 3.52. The Hall–Kier alpha value is -0.580. The molecule has 0 unspecified atom stereocenters. The van der Waals surface area contributed by atoms with E-state index in [9.17, 15) is 5.11 Å². The Morgan fingerprint density at radius 3 is 2.45 bits per heavy atom. The van der Waals surface area contributed by atoms with Gasteiger partial charge in [-0.3, -0.25) is 0 Å². The molecule has 4 fully saturated rings. The first-order chi connectivity index (χ1) is 10.7. The number of pyridine rings is 1. The number of rotatable bonds is 6. The van der Waals surface area contributed by atoms with E-state index in [2.05, 4.69) is 4.98 Å². The molecule has 5 rings (SSSR count). The Bertz CT molecular complexity index is 472. The molecule has 1 aromatic heterocycles. The summed E-state index contributed by atoms with van der Waals surface area (Å²) in [7, 11) is 0. The molecule has 4 heteroatoms. The number of thioether (sulfide) groups is 1. The van der Waals surface area contributed by atoms with Gasteiger partial charge < -0.3 is 9.84 Å². The summed E-state index contributed by atoms with van der Waals surface area (Å²) in [5, 5.41) is 11.2. The maximum absolute atomic E-state index is 10.2. The molecule has 4 bridgehead atoms. The van der Waals surface area contributed by atoms with Gasteiger partial charge in [0.2, 0.25) is 0 Å². The van der Waals surface area contributed by atoms with E-state index in [1.165, 1.54) is 38.5 Å². The maximum Gasteiger partial charge on any atom is 0.0960 e. The van der Waals surface area contributed by atoms with Crippen LogP contribution in [0.15, 0.2) is 29.4 Å². The lowest BCUT2D eigenvalue weighted by atomic mass is 9.54. The summed E-state index contributed by atoms with van der Waals surface area (Å²) < 4.78 is 6.31. The highest BCUT2D eigenvalue weighted by molar-refractivity contribution is 7.99. The average Bonchev–Trinajstić information content (AvgIpc) is 2.51. The third-order valence-corrected chi connectivity index (χ3v) is 6.71. The molecule has 120 valence electrons. The molecule has 0 radical (unpaired) electrons. The van der Waals surface area contributed by atoms with Gasteiger partial charge in [-0.1, -0.05) is 6.07 Å². The van der Waals surface area contributed by atoms with Gasteiger partial charge in [-0.2, -0.15) is 0 Å². The predicted molar refractivity (Wildman–Crippen MR) is 87.8 cm³/mol. The van der Waals surface area contributed by atoms with Crippen molar-refractivity contribution < 1.29 is 9.84 Å². The fraction of sp³-hybridized carbons (Fsp3) is 0.722. The van der Waals surface area contributed by atoms with Crippen LogP contribution in [0.1, 0.15) is 38.5 Å². The molecule has 1 atom stereocenters. The van der Waals surface area contributed by atoms with Crippen molar-refractivity contribution in [3.05, 3.63) is 24.4 Å². The van der Waals surface area contributed by atoms with Crippen LogP contribution in [0.4, 0.5) is 0 Å². The summed E-state index contributed by atoms with van der Waals surface area (Å²) >= 11 is 1.60. The van der Waals surface area contributed by atoms with Crippen molar-refractivity contribution in [2.45, 2.75) is 55.3 Å². The van der Waals surface area contributed by atoms with Crippen molar-refractivity contribution >= 4 is 11.8 Å². The zero-order valence-corrected chi connectivity index (χ0v) is 13.8. The first-order valence-electron chi connectivity index (χ1n) is 8.57. The summed E-state index contributed by atoms with van der Waals surface area (Å²) in [6.07, 6.45) is 9.39. The van der Waals surface area contributed by atoms with E-state index in [4.69, 9.17) is 4.74 Å². The van der Waals surface area contributed by atoms with Gasteiger partial charge in [-0.15, -0.1) is 11.8 Å². The second-order valence-electron chi connectivity index (χ2n) is 7.54. The fourth-order valence-corrected chi connectivity index (χ4v) is 5.91. The molecular formula is C18H25NO2S. The summed E-state index contributed by atoms with van der Waals surface area (Å²) in [5.41, 5.74) is 0.103. The maximum atomic E-state index is 10.2. The van der Waals surface area contributed by atoms with Crippen LogP contribution < -0.4 is 0 Å². The molecule has 4 aliphatic carbocycles. The Labute approximate surface area is 136 Å². The van der Waals surface area contributed by atoms with E-state index >= 15 is 0 Å². The smallest absolute Gasteiger partial charge is 0.0960 e. The quantitative estimate of drug-likeness (QED) is 0.815. The topological polar surface area (TPSA) is 42.4 Å². The summed E-state index contributed by atoms with van der Waals surface area (Å²) in [6, 6.07) is 5.88. The van der Waals surface area contributed by atoms with Crippen LogP contribution in [0.3, 0.4) is 0 Å². The van der Waals surface area contributed by atoms with Gasteiger partial charge in [0.05, 0.1) is 23.3 Å². The van der Waals surface area contributed by atoms with E-state index in [1.807, 2.05) is 18.2 Å². The molecule has 0 spiro atoms. The molecule has 0 saturated heterocycles. The number of aromatic nitrogens is 1. The van der Waals surface area contributed by atoms with Gasteiger partial charge in [-0.25, -0.2) is 4.98 Å². The second-order valence-corrected chi connectivity index (χ2v) is 8.58. The number of hydrogen-bond acceptors (Lipinski definition) is 4. The van der Waals surface area contributed by atoms with Gasteiger partial charge in [0.1, 0.15) is 0 Å². The number of aliphatic hydroxyl groups is 1. The third kappa shape index (κ3) is 3.19. The zero-order chi connectivity index (χ0) is 15.0. The molecule has 22 heavy (non-hydrogen) atoms. The molecule has 0 amide bonds. The van der Waals surface area contributed by atoms with Crippen LogP contribution >= 0.6 is 11.8 Å². The van der Waals surface area contributed by atoms with Crippen molar-refractivity contribution in [3.8, 4) is 0 Å². The van der Waals surface area contributed by atoms with E-state index in [1.54, 1.807) is 18.0 Å². The number of aliphatic hydroxyl groups excluding tert-OH is 1. The van der Waals surface area contributed by atoms with Crippen LogP contribution in [0.2, 0.25) is 0 Å². The minimum atomic E-state index is -0.403. The fourth-order valence-electron chi connectivity index (χ4n) is 5.14. The number of ether oxygens (including phenoxy) is 1. The Morgan fingerprint density at radius 1 is 1.18 bits per heavy atom. The highest BCUT2D eigenvalue weighted by Gasteiger charge is 2.51. The molecule has 4 aliphatic rings. The van der Waals surface area contributed by atoms with Gasteiger partial charge in [0.25, 0.3) is 0 Å². The zero-order valence-electron chi connectivity index (χ0n) is 13.0. The van der Waals surface area contributed by atoms with Crippen molar-refractivity contribution in [2.24, 2.45) is 17.8 Å². The van der Waals surface area contributed by atoms with Gasteiger partial charge >= 0.3 is 0 Å². The van der Waals surface area contributed by atoms with Crippen molar-refractivity contribution in [2.75, 3.05) is 12.4 Å². The lowest BCUT2D eigenvalue weighted by molar-refractivity contribution is -0.173. The average molecular weight is 319 g/mol. The lowest BCUT2D eigenvalue weighted by Gasteiger charge is -2.56. The van der Waals surface area contributed by atoms with Crippen molar-refractivity contribution in [3.63, 3.8) is 0 Å². The molecule has 1 N–H and O–H groups in total. The lowest BCUT2D eigenvalue weighted by Crippen LogP contribution is -2.52. The molecule has 0 aromatic carbocycles. The molecule has 1 aromatic rings. The molecule has 0 aliphatic heterocycles. The van der Waals surface area contributed by atoms with E-state index in [-0.39, 0.29) is 5.60 Å². The highest BCUT2D eigenvalue weighted by atomic mass is 32.2. The Morgan fingerprint density at radius 2 is 1.86 bits per heavy atom. The Kier molecular flexibility index (Phi) is 4.18. The van der Waals surface area contributed by atoms with Crippen LogP contribution in [0.5, 0.6) is 0 Å². The van der Waals surface area contributed by atoms with Crippen molar-refractivity contribution in [1.29, 1.82) is 0 Å². The summed E-state index contributed by atoms with van der Waals surface area (Å²) in [5.74, 6) is 3.34. The van der Waals surface area contributed by atoms with Crippen LogP contribution in [0.25, 0.3) is 0 Å². The van der Waals surface area contributed by atoms with Crippen molar-refractivity contribution in [1.82, 2.24) is 4.98 Å². The van der Waals surface area contributed by atoms with E-state index in [0.717, 1.165) is 22.8 Å². The SMILES string of the molecule is O[C@H](COC12CC3CC(CC(C3)C1)C2)CSc1ccccn1. The molecule has 1 heterocycles. The molecular weight excluding hydrogens is 294 g/mol. The van der Waals surface area contributed by atoms with Gasteiger partial charge in [0, 0.05) is 11.9 Å². The standard InChI is InChI=1S/C18H25NO2S/c20-16(12-22-17-3-1-2-4-19-17)11-21-18-8-13-5-14(9-18)7-15(6-13)10-18/h1-4,13-16,20H,5-12H2/t13?,14?,15?,16-,18?/m1/s1. The van der Waals surface area contributed by atoms with Crippen LogP contribution in [-0.2, 0) is 4.74 Å². The Balaban J connectivity index is 1.27. The van der Waals surface area contributed by atoms with Crippen LogP contribution in [-0.4, -0.2) is 34.2 Å². The summed E-state index contributed by atoms with van der Waals surface area (Å²) in [6.45, 7) is 0.478. The number of nitrogens with zero attached hydrogens (tertiary/aromatic N) is 1. The first-order valence-corrected chi connectivity index (χ1v) is 9.55. The third-order valence-electron chi connectivity index (χ3n) is 5.63. The minimum absolute atomic E-state index is 0.103. The molecule has 3 nitrogen and oxygen atoms in total. The largest absolute Gasteiger partial charge is 0.390 e. The monoisotopic (exact) mass is 319 g/mol. The minimum Gasteiger partial charge on any atom is -0.390 e. The van der Waals surface area contributed by atoms with Gasteiger partial charge in [0.15, 0.2) is 0 Å². The molecule has 4 saturated carbocycles. The van der Waals surface area contributed by atoms with Crippen LogP contribution in [0, 0.1) is 17.8 Å². The highest BCUT2D eigenvalue weighted by Crippen LogP contribution is 2.57. The summed E-state index contributed by atoms with van der Waals surface area (Å²) in [4.78, 5) is 4.28. The number of hydrogen-bond donors (Lipinski definition) is 1. The van der Waals surface area contributed by atoms with E-state index < -0.39 is 6.10 Å².